The summed E-state index contributed by atoms with van der Waals surface area (Å²) < 4.78 is 72.4. The van der Waals surface area contributed by atoms with Crippen molar-refractivity contribution in [2.75, 3.05) is 47.9 Å². The minimum Gasteiger partial charge on any atom is -0.507 e. The van der Waals surface area contributed by atoms with Crippen LogP contribution in [0.4, 0.5) is 39.3 Å². The van der Waals surface area contributed by atoms with Gasteiger partial charge in [0.2, 0.25) is 5.91 Å². The number of aliphatic hydroxyl groups excluding tert-OH is 1. The van der Waals surface area contributed by atoms with Gasteiger partial charge in [-0.05, 0) is 99.7 Å². The summed E-state index contributed by atoms with van der Waals surface area (Å²) in [6, 6.07) is 14.7. The van der Waals surface area contributed by atoms with Gasteiger partial charge in [-0.2, -0.15) is 23.4 Å². The highest BCUT2D eigenvalue weighted by atomic mass is 19.4. The first-order chi connectivity index (χ1) is 33.6. The molecule has 0 radical (unpaired) electrons. The molecule has 2 aliphatic heterocycles. The van der Waals surface area contributed by atoms with Gasteiger partial charge in [-0.25, -0.2) is 28.1 Å². The molecule has 2 aromatic carbocycles. The van der Waals surface area contributed by atoms with Crippen LogP contribution in [-0.2, 0) is 15.8 Å². The second-order valence-corrected chi connectivity index (χ2v) is 17.8. The van der Waals surface area contributed by atoms with Crippen molar-refractivity contribution in [1.29, 1.82) is 5.26 Å². The van der Waals surface area contributed by atoms with Gasteiger partial charge in [-0.15, -0.1) is 0 Å². The third-order valence-electron chi connectivity index (χ3n) is 12.5. The Labute approximate surface area is 405 Å². The van der Waals surface area contributed by atoms with Crippen LogP contribution in [0.3, 0.4) is 0 Å². The summed E-state index contributed by atoms with van der Waals surface area (Å²) in [5.74, 6) is -3.08. The number of benzene rings is 2. The molecule has 0 bridgehead atoms. The molecule has 20 heteroatoms. The second kappa shape index (κ2) is 20.3. The molecule has 0 saturated carbocycles. The van der Waals surface area contributed by atoms with Crippen LogP contribution in [0.15, 0.2) is 84.3 Å². The highest BCUT2D eigenvalue weighted by Crippen LogP contribution is 2.39. The van der Waals surface area contributed by atoms with Crippen LogP contribution in [0.25, 0.3) is 28.0 Å². The fraction of sp³-hybridized carbons (Fsp3) is 0.333. The standard InChI is InChI=1S/C30H30F2N6O3.C21H21F3N4O2/c1-6-23(40)36-12-13-37(18(5)15-36)28-19-14-21(32)26(24-20(31)8-7-9-22(24)39)34-29(19)38(30(41)35-28)27-17(4)10-11-33-25(27)16(2)3;1-12-5-4-6-14(9-12)27(3)20(30)18-17(29)7-8-28(18)19-15(11-25)16(21(22,23)24)10-13(2)26-19/h6-11,14,16,18,39H,1,12-13,15H2,2-5H3;4-6,9-10,17-18,29H,7-8H2,1-3H3. The first-order valence-corrected chi connectivity index (χ1v) is 22.6. The smallest absolute Gasteiger partial charge is 0.417 e. The van der Waals surface area contributed by atoms with E-state index in [0.717, 1.165) is 23.8 Å². The Morgan fingerprint density at radius 2 is 1.68 bits per heavy atom. The number of phenols is 1. The molecule has 0 aliphatic carbocycles. The van der Waals surface area contributed by atoms with Gasteiger partial charge in [0.15, 0.2) is 11.5 Å². The van der Waals surface area contributed by atoms with Crippen LogP contribution >= 0.6 is 0 Å². The molecule has 6 heterocycles. The Morgan fingerprint density at radius 3 is 2.31 bits per heavy atom. The fourth-order valence-corrected chi connectivity index (χ4v) is 9.01. The lowest BCUT2D eigenvalue weighted by Crippen LogP contribution is -2.54. The van der Waals surface area contributed by atoms with E-state index < -0.39 is 69.7 Å². The Balaban J connectivity index is 0.000000219. The lowest BCUT2D eigenvalue weighted by molar-refractivity contribution is -0.137. The molecule has 3 unspecified atom stereocenters. The van der Waals surface area contributed by atoms with E-state index >= 15 is 4.39 Å². The zero-order chi connectivity index (χ0) is 51.8. The maximum absolute atomic E-state index is 15.8. The first-order valence-electron chi connectivity index (χ1n) is 22.6. The van der Waals surface area contributed by atoms with Gasteiger partial charge >= 0.3 is 11.9 Å². The maximum Gasteiger partial charge on any atom is 0.417 e. The number of piperazine rings is 1. The number of hydrogen-bond donors (Lipinski definition) is 2. The van der Waals surface area contributed by atoms with Gasteiger partial charge in [-0.1, -0.05) is 38.6 Å². The van der Waals surface area contributed by atoms with E-state index in [-0.39, 0.29) is 59.2 Å². The summed E-state index contributed by atoms with van der Waals surface area (Å²) in [7, 11) is 1.54. The molecule has 8 rings (SSSR count). The number of likely N-dealkylation sites (N-methyl/N-ethyl adjacent to an activating group) is 1. The van der Waals surface area contributed by atoms with E-state index in [1.54, 1.807) is 41.4 Å². The summed E-state index contributed by atoms with van der Waals surface area (Å²) in [6.07, 6.45) is -2.79. The number of alkyl halides is 3. The zero-order valence-corrected chi connectivity index (χ0v) is 40.0. The largest absolute Gasteiger partial charge is 0.507 e. The number of hydrogen-bond acceptors (Lipinski definition) is 12. The molecular weight excluding hydrogens is 928 g/mol. The van der Waals surface area contributed by atoms with E-state index in [1.165, 1.54) is 46.5 Å². The zero-order valence-electron chi connectivity index (χ0n) is 40.0. The summed E-state index contributed by atoms with van der Waals surface area (Å²) in [5, 5.41) is 30.6. The summed E-state index contributed by atoms with van der Waals surface area (Å²) in [5.41, 5.74) is 0.101. The van der Waals surface area contributed by atoms with Gasteiger partial charge in [0.1, 0.15) is 46.6 Å². The number of fused-ring (bicyclic) bond motifs is 1. The lowest BCUT2D eigenvalue weighted by atomic mass is 10.0. The fourth-order valence-electron chi connectivity index (χ4n) is 9.01. The summed E-state index contributed by atoms with van der Waals surface area (Å²) >= 11 is 0. The van der Waals surface area contributed by atoms with Crippen LogP contribution < -0.4 is 20.4 Å². The van der Waals surface area contributed by atoms with Crippen LogP contribution in [0, 0.1) is 43.7 Å². The Kier molecular flexibility index (Phi) is 14.6. The number of aliphatic hydroxyl groups is 1. The average Bonchev–Trinajstić information content (AvgIpc) is 3.71. The molecule has 2 aliphatic rings. The molecule has 0 spiro atoms. The van der Waals surface area contributed by atoms with E-state index in [0.29, 0.717) is 42.3 Å². The Morgan fingerprint density at radius 1 is 0.958 bits per heavy atom. The van der Waals surface area contributed by atoms with Gasteiger partial charge in [0.05, 0.1) is 34.0 Å². The van der Waals surface area contributed by atoms with Crippen molar-refractivity contribution in [1.82, 2.24) is 29.4 Å². The molecule has 6 aromatic rings. The predicted octanol–water partition coefficient (Wildman–Crippen LogP) is 7.67. The molecule has 3 atom stereocenters. The number of pyridine rings is 3. The minimum absolute atomic E-state index is 0.0360. The molecule has 4 aromatic heterocycles. The number of phenolic OH excluding ortho intramolecular Hbond substituents is 1. The topological polar surface area (TPSA) is 185 Å². The van der Waals surface area contributed by atoms with E-state index in [4.69, 9.17) is 0 Å². The lowest BCUT2D eigenvalue weighted by Gasteiger charge is -2.40. The van der Waals surface area contributed by atoms with Crippen LogP contribution in [-0.4, -0.2) is 103 Å². The number of anilines is 3. The normalized spacial score (nSPS) is 17.0. The molecular formula is C51H51F5N10O5. The van der Waals surface area contributed by atoms with Crippen LogP contribution in [0.1, 0.15) is 66.8 Å². The van der Waals surface area contributed by atoms with Crippen molar-refractivity contribution in [3.8, 4) is 28.8 Å². The number of carbonyl (C=O) groups excluding carboxylic acids is 2. The quantitative estimate of drug-likeness (QED) is 0.112. The second-order valence-electron chi connectivity index (χ2n) is 17.8. The highest BCUT2D eigenvalue weighted by Gasteiger charge is 2.44. The highest BCUT2D eigenvalue weighted by molar-refractivity contribution is 6.00. The molecule has 2 saturated heterocycles. The third kappa shape index (κ3) is 10.00. The van der Waals surface area contributed by atoms with Crippen molar-refractivity contribution in [3.05, 3.63) is 135 Å². The Bertz CT molecular complexity index is 3150. The van der Waals surface area contributed by atoms with Crippen LogP contribution in [0.2, 0.25) is 0 Å². The third-order valence-corrected chi connectivity index (χ3v) is 12.5. The maximum atomic E-state index is 15.8. The van der Waals surface area contributed by atoms with Crippen LogP contribution in [0.5, 0.6) is 5.75 Å². The number of carbonyl (C=O) groups is 2. The van der Waals surface area contributed by atoms with E-state index in [2.05, 4.69) is 26.5 Å². The van der Waals surface area contributed by atoms with Crippen molar-refractivity contribution >= 4 is 40.2 Å². The SMILES string of the molecule is C=CC(=O)N1CCN(c2nc(=O)n(-c3c(C)ccnc3C(C)C)c3nc(-c4c(O)cccc4F)c(F)cc23)C(C)C1.Cc1cccc(N(C)C(=O)C2C(O)CCN2c2nc(C)cc(C(F)(F)F)c2C#N)c1. The predicted molar refractivity (Wildman–Crippen MR) is 257 cm³/mol. The van der Waals surface area contributed by atoms with Gasteiger partial charge < -0.3 is 29.8 Å². The number of aromatic hydroxyl groups is 1. The number of aryl methyl sites for hydroxylation is 3. The average molecular weight is 979 g/mol. The Hall–Kier alpha value is -7.79. The number of nitriles is 1. The van der Waals surface area contributed by atoms with Crippen molar-refractivity contribution in [2.45, 2.75) is 78.2 Å². The number of rotatable bonds is 8. The van der Waals surface area contributed by atoms with Gasteiger partial charge in [-0.3, -0.25) is 14.6 Å². The number of nitrogens with zero attached hydrogens (tertiary/aromatic N) is 10. The first kappa shape index (κ1) is 51.1. The molecule has 15 nitrogen and oxygen atoms in total. The monoisotopic (exact) mass is 978 g/mol. The van der Waals surface area contributed by atoms with Crippen molar-refractivity contribution < 1.29 is 41.8 Å². The van der Waals surface area contributed by atoms with E-state index in [9.17, 15) is 47.4 Å². The van der Waals surface area contributed by atoms with Gasteiger partial charge in [0.25, 0.3) is 5.91 Å². The number of aromatic nitrogens is 5. The number of amides is 2. The minimum atomic E-state index is -4.75. The molecule has 370 valence electrons. The molecule has 2 amide bonds. The molecule has 71 heavy (non-hydrogen) atoms. The number of halogens is 5. The molecule has 2 fully saturated rings. The summed E-state index contributed by atoms with van der Waals surface area (Å²) in [4.78, 5) is 63.0. The summed E-state index contributed by atoms with van der Waals surface area (Å²) in [6.45, 7) is 15.5. The van der Waals surface area contributed by atoms with Crippen molar-refractivity contribution in [2.24, 2.45) is 0 Å². The van der Waals surface area contributed by atoms with E-state index in [1.807, 2.05) is 45.6 Å². The molecule has 2 N–H and O–H groups in total. The van der Waals surface area contributed by atoms with Gasteiger partial charge in [0, 0.05) is 56.8 Å². The van der Waals surface area contributed by atoms with Crippen molar-refractivity contribution in [3.63, 3.8) is 0 Å².